The van der Waals surface area contributed by atoms with Crippen LogP contribution in [-0.2, 0) is 0 Å². The summed E-state index contributed by atoms with van der Waals surface area (Å²) in [5, 5.41) is 0. The summed E-state index contributed by atoms with van der Waals surface area (Å²) >= 11 is 0. The van der Waals surface area contributed by atoms with Crippen molar-refractivity contribution >= 4 is 11.4 Å². The smallest absolute Gasteiger partial charge is 0.0841 e. The van der Waals surface area contributed by atoms with Crippen molar-refractivity contribution in [2.24, 2.45) is 4.99 Å². The standard InChI is InChI=1S/C15H16N2/c1-11-7-8-12(2)15(10-11)17-13(3)14-6-4-5-9-16-14/h4-10H,1-3H3. The van der Waals surface area contributed by atoms with Gasteiger partial charge in [-0.2, -0.15) is 0 Å². The van der Waals surface area contributed by atoms with Gasteiger partial charge in [-0.15, -0.1) is 0 Å². The summed E-state index contributed by atoms with van der Waals surface area (Å²) in [7, 11) is 0. The van der Waals surface area contributed by atoms with E-state index in [9.17, 15) is 0 Å². The topological polar surface area (TPSA) is 25.2 Å². The molecule has 0 saturated heterocycles. The lowest BCUT2D eigenvalue weighted by atomic mass is 10.1. The number of rotatable bonds is 2. The summed E-state index contributed by atoms with van der Waals surface area (Å²) in [6, 6.07) is 12.2. The van der Waals surface area contributed by atoms with Gasteiger partial charge in [0.05, 0.1) is 17.1 Å². The number of aromatic nitrogens is 1. The fourth-order valence-electron chi connectivity index (χ4n) is 1.65. The molecule has 0 radical (unpaired) electrons. The Bertz CT molecular complexity index is 542. The minimum absolute atomic E-state index is 0.924. The predicted molar refractivity (Wildman–Crippen MR) is 72.0 cm³/mol. The van der Waals surface area contributed by atoms with Gasteiger partial charge in [0, 0.05) is 6.20 Å². The number of pyridine rings is 1. The van der Waals surface area contributed by atoms with E-state index in [4.69, 9.17) is 0 Å². The Morgan fingerprint density at radius 3 is 2.65 bits per heavy atom. The average molecular weight is 224 g/mol. The summed E-state index contributed by atoms with van der Waals surface area (Å²) in [6.07, 6.45) is 1.79. The number of hydrogen-bond acceptors (Lipinski definition) is 2. The molecule has 0 bridgehead atoms. The Morgan fingerprint density at radius 2 is 1.94 bits per heavy atom. The van der Waals surface area contributed by atoms with Crippen LogP contribution in [0.1, 0.15) is 23.7 Å². The van der Waals surface area contributed by atoms with Gasteiger partial charge >= 0.3 is 0 Å². The maximum Gasteiger partial charge on any atom is 0.0841 e. The van der Waals surface area contributed by atoms with Gasteiger partial charge in [-0.25, -0.2) is 0 Å². The zero-order valence-corrected chi connectivity index (χ0v) is 10.4. The Labute approximate surface area is 102 Å². The molecule has 86 valence electrons. The van der Waals surface area contributed by atoms with Crippen molar-refractivity contribution in [1.82, 2.24) is 4.98 Å². The molecule has 1 aromatic carbocycles. The molecule has 2 aromatic rings. The molecule has 0 unspecified atom stereocenters. The van der Waals surface area contributed by atoms with Gasteiger partial charge in [-0.1, -0.05) is 18.2 Å². The van der Waals surface area contributed by atoms with Gasteiger partial charge in [-0.05, 0) is 50.1 Å². The molecule has 0 aliphatic carbocycles. The zero-order chi connectivity index (χ0) is 12.3. The second-order valence-corrected chi connectivity index (χ2v) is 4.20. The molecule has 0 aliphatic rings. The lowest BCUT2D eigenvalue weighted by molar-refractivity contribution is 1.27. The van der Waals surface area contributed by atoms with Crippen molar-refractivity contribution in [3.63, 3.8) is 0 Å². The number of benzene rings is 1. The molecule has 0 spiro atoms. The first-order chi connectivity index (χ1) is 8.16. The molecule has 0 saturated carbocycles. The van der Waals surface area contributed by atoms with Crippen LogP contribution in [0.4, 0.5) is 5.69 Å². The Kier molecular flexibility index (Phi) is 3.33. The van der Waals surface area contributed by atoms with Gasteiger partial charge in [-0.3, -0.25) is 9.98 Å². The van der Waals surface area contributed by atoms with Gasteiger partial charge in [0.25, 0.3) is 0 Å². The fraction of sp³-hybridized carbons (Fsp3) is 0.200. The molecule has 0 aliphatic heterocycles. The van der Waals surface area contributed by atoms with Crippen LogP contribution < -0.4 is 0 Å². The van der Waals surface area contributed by atoms with E-state index in [1.54, 1.807) is 6.20 Å². The first kappa shape index (κ1) is 11.5. The lowest BCUT2D eigenvalue weighted by Gasteiger charge is -2.04. The maximum absolute atomic E-state index is 4.64. The predicted octanol–water partition coefficient (Wildman–Crippen LogP) is 3.84. The molecule has 2 heteroatoms. The summed E-state index contributed by atoms with van der Waals surface area (Å²) < 4.78 is 0. The van der Waals surface area contributed by atoms with Crippen molar-refractivity contribution in [3.8, 4) is 0 Å². The van der Waals surface area contributed by atoms with Gasteiger partial charge in [0.1, 0.15) is 0 Å². The Hall–Kier alpha value is -1.96. The molecule has 1 aromatic heterocycles. The highest BCUT2D eigenvalue weighted by Crippen LogP contribution is 2.20. The van der Waals surface area contributed by atoms with Crippen molar-refractivity contribution < 1.29 is 0 Å². The van der Waals surface area contributed by atoms with Crippen LogP contribution in [0.15, 0.2) is 47.6 Å². The van der Waals surface area contributed by atoms with Crippen LogP contribution in [0.5, 0.6) is 0 Å². The summed E-state index contributed by atoms with van der Waals surface area (Å²) in [6.45, 7) is 6.14. The average Bonchev–Trinajstić information content (AvgIpc) is 2.35. The molecule has 1 heterocycles. The normalized spacial score (nSPS) is 11.6. The summed E-state index contributed by atoms with van der Waals surface area (Å²) in [5.74, 6) is 0. The molecule has 0 N–H and O–H groups in total. The largest absolute Gasteiger partial charge is 0.255 e. The third-order valence-electron chi connectivity index (χ3n) is 2.69. The minimum Gasteiger partial charge on any atom is -0.255 e. The minimum atomic E-state index is 0.924. The SMILES string of the molecule is CC(=Nc1cc(C)ccc1C)c1ccccn1. The lowest BCUT2D eigenvalue weighted by Crippen LogP contribution is -1.97. The van der Waals surface area contributed by atoms with E-state index in [2.05, 4.69) is 42.0 Å². The number of hydrogen-bond donors (Lipinski definition) is 0. The molecule has 2 nitrogen and oxygen atoms in total. The number of nitrogens with zero attached hydrogens (tertiary/aromatic N) is 2. The molecule has 2 rings (SSSR count). The highest BCUT2D eigenvalue weighted by atomic mass is 14.8. The van der Waals surface area contributed by atoms with E-state index in [0.717, 1.165) is 17.1 Å². The van der Waals surface area contributed by atoms with Crippen molar-refractivity contribution in [1.29, 1.82) is 0 Å². The van der Waals surface area contributed by atoms with Crippen molar-refractivity contribution in [2.75, 3.05) is 0 Å². The number of aryl methyl sites for hydroxylation is 2. The Morgan fingerprint density at radius 1 is 1.12 bits per heavy atom. The van der Waals surface area contributed by atoms with E-state index in [-0.39, 0.29) is 0 Å². The van der Waals surface area contributed by atoms with Crippen molar-refractivity contribution in [2.45, 2.75) is 20.8 Å². The van der Waals surface area contributed by atoms with E-state index < -0.39 is 0 Å². The monoisotopic (exact) mass is 224 g/mol. The third kappa shape index (κ3) is 2.78. The summed E-state index contributed by atoms with van der Waals surface area (Å²) in [4.78, 5) is 8.94. The highest BCUT2D eigenvalue weighted by Gasteiger charge is 2.00. The van der Waals surface area contributed by atoms with Crippen LogP contribution in [0, 0.1) is 13.8 Å². The van der Waals surface area contributed by atoms with E-state index >= 15 is 0 Å². The van der Waals surface area contributed by atoms with Crippen LogP contribution in [0.25, 0.3) is 0 Å². The van der Waals surface area contributed by atoms with Gasteiger partial charge in [0.2, 0.25) is 0 Å². The Balaban J connectivity index is 2.39. The molecule has 17 heavy (non-hydrogen) atoms. The maximum atomic E-state index is 4.64. The van der Waals surface area contributed by atoms with E-state index in [1.807, 2.05) is 25.1 Å². The first-order valence-corrected chi connectivity index (χ1v) is 5.71. The fourth-order valence-corrected chi connectivity index (χ4v) is 1.65. The second kappa shape index (κ2) is 4.91. The molecule has 0 fully saturated rings. The van der Waals surface area contributed by atoms with Crippen LogP contribution >= 0.6 is 0 Å². The molecule has 0 amide bonds. The molecular weight excluding hydrogens is 208 g/mol. The third-order valence-corrected chi connectivity index (χ3v) is 2.69. The molecule has 0 atom stereocenters. The number of aliphatic imine (C=N–C) groups is 1. The quantitative estimate of drug-likeness (QED) is 0.711. The highest BCUT2D eigenvalue weighted by molar-refractivity contribution is 5.98. The van der Waals surface area contributed by atoms with Gasteiger partial charge in [0.15, 0.2) is 0 Å². The van der Waals surface area contributed by atoms with E-state index in [1.165, 1.54) is 11.1 Å². The molecular formula is C15H16N2. The van der Waals surface area contributed by atoms with Crippen LogP contribution in [-0.4, -0.2) is 10.7 Å². The second-order valence-electron chi connectivity index (χ2n) is 4.20. The van der Waals surface area contributed by atoms with Gasteiger partial charge < -0.3 is 0 Å². The zero-order valence-electron chi connectivity index (χ0n) is 10.4. The first-order valence-electron chi connectivity index (χ1n) is 5.71. The summed E-state index contributed by atoms with van der Waals surface area (Å²) in [5.41, 5.74) is 5.30. The van der Waals surface area contributed by atoms with Crippen molar-refractivity contribution in [3.05, 3.63) is 59.4 Å². The van der Waals surface area contributed by atoms with Crippen LogP contribution in [0.2, 0.25) is 0 Å². The van der Waals surface area contributed by atoms with E-state index in [0.29, 0.717) is 0 Å². The van der Waals surface area contributed by atoms with Crippen LogP contribution in [0.3, 0.4) is 0 Å².